The minimum atomic E-state index is 0.750. The molecular formula is C21H31NO. The van der Waals surface area contributed by atoms with Gasteiger partial charge in [0.1, 0.15) is 5.75 Å². The van der Waals surface area contributed by atoms with Crippen molar-refractivity contribution in [3.05, 3.63) is 29.3 Å². The molecule has 1 aliphatic heterocycles. The first-order valence-electron chi connectivity index (χ1n) is 9.76. The molecule has 2 aliphatic carbocycles. The Kier molecular flexibility index (Phi) is 4.61. The predicted molar refractivity (Wildman–Crippen MR) is 95.2 cm³/mol. The summed E-state index contributed by atoms with van der Waals surface area (Å²) in [6.45, 7) is 2.63. The zero-order chi connectivity index (χ0) is 15.6. The molecule has 0 bridgehead atoms. The third kappa shape index (κ3) is 3.03. The van der Waals surface area contributed by atoms with Gasteiger partial charge in [0.15, 0.2) is 0 Å². The molecule has 0 radical (unpaired) electrons. The van der Waals surface area contributed by atoms with Gasteiger partial charge in [-0.15, -0.1) is 0 Å². The lowest BCUT2D eigenvalue weighted by molar-refractivity contribution is 0.217. The molecule has 0 spiro atoms. The van der Waals surface area contributed by atoms with Crippen LogP contribution < -0.4 is 4.74 Å². The molecule has 1 aromatic carbocycles. The summed E-state index contributed by atoms with van der Waals surface area (Å²) in [5.74, 6) is 2.91. The first-order chi connectivity index (χ1) is 11.4. The fraction of sp³-hybridized carbons (Fsp3) is 0.714. The normalized spacial score (nSPS) is 27.9. The molecule has 23 heavy (non-hydrogen) atoms. The van der Waals surface area contributed by atoms with Gasteiger partial charge in [0.05, 0.1) is 7.11 Å². The molecule has 1 saturated carbocycles. The van der Waals surface area contributed by atoms with Crippen molar-refractivity contribution < 1.29 is 4.74 Å². The lowest BCUT2D eigenvalue weighted by atomic mass is 9.79. The molecule has 0 N–H and O–H groups in total. The highest BCUT2D eigenvalue weighted by molar-refractivity contribution is 5.45. The monoisotopic (exact) mass is 313 g/mol. The Bertz CT molecular complexity index is 535. The van der Waals surface area contributed by atoms with Gasteiger partial charge in [0.2, 0.25) is 0 Å². The van der Waals surface area contributed by atoms with Crippen LogP contribution in [-0.4, -0.2) is 31.1 Å². The van der Waals surface area contributed by atoms with Crippen LogP contribution in [0.5, 0.6) is 5.75 Å². The number of likely N-dealkylation sites (tertiary alicyclic amines) is 1. The molecule has 1 aromatic rings. The molecule has 2 fully saturated rings. The third-order valence-corrected chi connectivity index (χ3v) is 6.67. The zero-order valence-electron chi connectivity index (χ0n) is 14.6. The van der Waals surface area contributed by atoms with Crippen molar-refractivity contribution in [2.45, 2.75) is 69.7 Å². The number of methoxy groups -OCH3 is 1. The molecule has 0 amide bonds. The highest BCUT2D eigenvalue weighted by Gasteiger charge is 2.39. The first kappa shape index (κ1) is 15.5. The highest BCUT2D eigenvalue weighted by atomic mass is 16.5. The van der Waals surface area contributed by atoms with Gasteiger partial charge >= 0.3 is 0 Å². The van der Waals surface area contributed by atoms with Crippen LogP contribution in [0.3, 0.4) is 0 Å². The summed E-state index contributed by atoms with van der Waals surface area (Å²) >= 11 is 0. The summed E-state index contributed by atoms with van der Waals surface area (Å²) in [7, 11) is 1.81. The van der Waals surface area contributed by atoms with E-state index < -0.39 is 0 Å². The average molecular weight is 313 g/mol. The fourth-order valence-electron chi connectivity index (χ4n) is 5.50. The summed E-state index contributed by atoms with van der Waals surface area (Å²) in [4.78, 5) is 2.81. The van der Waals surface area contributed by atoms with E-state index in [0.717, 1.165) is 23.6 Å². The SMILES string of the molecule is COc1cccc2c1CC[C@H]1[C@@H]2CCN1CCCC1CCCC1. The third-order valence-electron chi connectivity index (χ3n) is 6.67. The van der Waals surface area contributed by atoms with Crippen LogP contribution in [0, 0.1) is 5.92 Å². The Labute approximate surface area is 141 Å². The van der Waals surface area contributed by atoms with Crippen molar-refractivity contribution in [2.75, 3.05) is 20.2 Å². The summed E-state index contributed by atoms with van der Waals surface area (Å²) in [6.07, 6.45) is 12.7. The van der Waals surface area contributed by atoms with Gasteiger partial charge in [-0.05, 0) is 68.3 Å². The summed E-state index contributed by atoms with van der Waals surface area (Å²) < 4.78 is 5.60. The van der Waals surface area contributed by atoms with Gasteiger partial charge < -0.3 is 4.74 Å². The van der Waals surface area contributed by atoms with Crippen molar-refractivity contribution in [1.29, 1.82) is 0 Å². The van der Waals surface area contributed by atoms with E-state index in [-0.39, 0.29) is 0 Å². The lowest BCUT2D eigenvalue weighted by Gasteiger charge is -2.34. The van der Waals surface area contributed by atoms with Crippen molar-refractivity contribution in [1.82, 2.24) is 4.90 Å². The van der Waals surface area contributed by atoms with Gasteiger partial charge in [-0.2, -0.15) is 0 Å². The number of nitrogens with zero attached hydrogens (tertiary/aromatic N) is 1. The second kappa shape index (κ2) is 6.84. The van der Waals surface area contributed by atoms with Crippen LogP contribution >= 0.6 is 0 Å². The Hall–Kier alpha value is -1.02. The molecule has 0 unspecified atom stereocenters. The second-order valence-electron chi connectivity index (χ2n) is 7.86. The molecular weight excluding hydrogens is 282 g/mol. The van der Waals surface area contributed by atoms with Crippen molar-refractivity contribution in [3.63, 3.8) is 0 Å². The molecule has 2 heteroatoms. The standard InChI is InChI=1S/C21H31NO/c1-23-21-10-4-9-17-18-13-15-22(20(18)12-11-19(17)21)14-5-8-16-6-2-3-7-16/h4,9-10,16,18,20H,2-3,5-8,11-15H2,1H3/t18-,20+/m1/s1. The van der Waals surface area contributed by atoms with Gasteiger partial charge in [-0.25, -0.2) is 0 Å². The molecule has 2 nitrogen and oxygen atoms in total. The van der Waals surface area contributed by atoms with E-state index >= 15 is 0 Å². The minimum Gasteiger partial charge on any atom is -0.496 e. The maximum Gasteiger partial charge on any atom is 0.122 e. The number of rotatable bonds is 5. The number of hydrogen-bond donors (Lipinski definition) is 0. The molecule has 126 valence electrons. The van der Waals surface area contributed by atoms with Crippen LogP contribution in [0.15, 0.2) is 18.2 Å². The van der Waals surface area contributed by atoms with E-state index in [1.54, 1.807) is 5.56 Å². The van der Waals surface area contributed by atoms with Crippen LogP contribution in [0.1, 0.15) is 68.4 Å². The van der Waals surface area contributed by atoms with Gasteiger partial charge in [-0.3, -0.25) is 4.90 Å². The molecule has 2 atom stereocenters. The number of ether oxygens (including phenoxy) is 1. The van der Waals surface area contributed by atoms with E-state index in [0.29, 0.717) is 0 Å². The predicted octanol–water partition coefficient (Wildman–Crippen LogP) is 4.77. The Morgan fingerprint density at radius 2 is 2.00 bits per heavy atom. The van der Waals surface area contributed by atoms with Crippen molar-refractivity contribution in [3.8, 4) is 5.75 Å². The number of benzene rings is 1. The zero-order valence-corrected chi connectivity index (χ0v) is 14.6. The lowest BCUT2D eigenvalue weighted by Crippen LogP contribution is -2.35. The largest absolute Gasteiger partial charge is 0.496 e. The maximum atomic E-state index is 5.60. The molecule has 1 heterocycles. The molecule has 4 rings (SSSR count). The van der Waals surface area contributed by atoms with E-state index in [9.17, 15) is 0 Å². The van der Waals surface area contributed by atoms with Crippen molar-refractivity contribution in [2.24, 2.45) is 5.92 Å². The highest BCUT2D eigenvalue weighted by Crippen LogP contribution is 2.44. The summed E-state index contributed by atoms with van der Waals surface area (Å²) in [5.41, 5.74) is 3.07. The van der Waals surface area contributed by atoms with Crippen LogP contribution in [0.4, 0.5) is 0 Å². The summed E-state index contributed by atoms with van der Waals surface area (Å²) in [5, 5.41) is 0. The Morgan fingerprint density at radius 1 is 1.13 bits per heavy atom. The molecule has 0 aromatic heterocycles. The van der Waals surface area contributed by atoms with Crippen LogP contribution in [0.25, 0.3) is 0 Å². The smallest absolute Gasteiger partial charge is 0.122 e. The maximum absolute atomic E-state index is 5.60. The van der Waals surface area contributed by atoms with Gasteiger partial charge in [-0.1, -0.05) is 37.8 Å². The molecule has 3 aliphatic rings. The van der Waals surface area contributed by atoms with E-state index in [2.05, 4.69) is 23.1 Å². The van der Waals surface area contributed by atoms with Gasteiger partial charge in [0.25, 0.3) is 0 Å². The van der Waals surface area contributed by atoms with Crippen molar-refractivity contribution >= 4 is 0 Å². The fourth-order valence-corrected chi connectivity index (χ4v) is 5.50. The average Bonchev–Trinajstić information content (AvgIpc) is 3.24. The van der Waals surface area contributed by atoms with E-state index in [4.69, 9.17) is 4.74 Å². The number of fused-ring (bicyclic) bond motifs is 3. The van der Waals surface area contributed by atoms with Gasteiger partial charge in [0, 0.05) is 12.0 Å². The van der Waals surface area contributed by atoms with Crippen LogP contribution in [0.2, 0.25) is 0 Å². The quantitative estimate of drug-likeness (QED) is 0.776. The number of hydrogen-bond acceptors (Lipinski definition) is 2. The van der Waals surface area contributed by atoms with E-state index in [1.165, 1.54) is 76.4 Å². The first-order valence-corrected chi connectivity index (χ1v) is 9.76. The Balaban J connectivity index is 1.39. The van der Waals surface area contributed by atoms with E-state index in [1.807, 2.05) is 7.11 Å². The topological polar surface area (TPSA) is 12.5 Å². The Morgan fingerprint density at radius 3 is 2.83 bits per heavy atom. The summed E-state index contributed by atoms with van der Waals surface area (Å²) in [6, 6.07) is 7.46. The minimum absolute atomic E-state index is 0.750. The second-order valence-corrected chi connectivity index (χ2v) is 7.86. The molecule has 1 saturated heterocycles. The van der Waals surface area contributed by atoms with Crippen LogP contribution in [-0.2, 0) is 6.42 Å².